The maximum Gasteiger partial charge on any atom is 0.267 e. The van der Waals surface area contributed by atoms with E-state index in [1.807, 2.05) is 55.9 Å². The van der Waals surface area contributed by atoms with Crippen LogP contribution in [0.1, 0.15) is 20.9 Å². The zero-order valence-electron chi connectivity index (χ0n) is 13.1. The second kappa shape index (κ2) is 6.18. The third-order valence-corrected chi connectivity index (χ3v) is 5.18. The number of carbonyl (C=O) groups excluding carboxylic acids is 1. The van der Waals surface area contributed by atoms with Crippen molar-refractivity contribution in [1.82, 2.24) is 9.55 Å². The molecule has 0 aliphatic heterocycles. The molecule has 0 saturated carbocycles. The van der Waals surface area contributed by atoms with Gasteiger partial charge in [-0.1, -0.05) is 17.7 Å². The third-order valence-electron chi connectivity index (χ3n) is 3.60. The number of carbonyl (C=O) groups is 1. The molecule has 0 atom stereocenters. The van der Waals surface area contributed by atoms with Crippen molar-refractivity contribution < 1.29 is 4.79 Å². The molecular formula is C17H16ClN3OS. The molecule has 4 nitrogen and oxygen atoms in total. The summed E-state index contributed by atoms with van der Waals surface area (Å²) in [6.45, 7) is 3.77. The van der Waals surface area contributed by atoms with Crippen molar-refractivity contribution >= 4 is 34.5 Å². The van der Waals surface area contributed by atoms with E-state index in [9.17, 15) is 4.79 Å². The molecule has 0 aliphatic carbocycles. The molecule has 3 aromatic rings. The first kappa shape index (κ1) is 15.8. The fraction of sp³-hybridized carbons (Fsp3) is 0.176. The number of amides is 1. The lowest BCUT2D eigenvalue weighted by Gasteiger charge is -2.06. The van der Waals surface area contributed by atoms with E-state index in [1.165, 1.54) is 11.3 Å². The third kappa shape index (κ3) is 3.16. The van der Waals surface area contributed by atoms with Crippen LogP contribution in [0.5, 0.6) is 0 Å². The lowest BCUT2D eigenvalue weighted by Crippen LogP contribution is -2.11. The Morgan fingerprint density at radius 2 is 2.09 bits per heavy atom. The molecule has 0 saturated heterocycles. The highest BCUT2D eigenvalue weighted by atomic mass is 35.5. The number of anilines is 1. The van der Waals surface area contributed by atoms with Crippen LogP contribution < -0.4 is 5.32 Å². The van der Waals surface area contributed by atoms with Crippen molar-refractivity contribution in [3.63, 3.8) is 0 Å². The van der Waals surface area contributed by atoms with Crippen molar-refractivity contribution in [2.45, 2.75) is 13.8 Å². The summed E-state index contributed by atoms with van der Waals surface area (Å²) in [5.41, 5.74) is 3.38. The lowest BCUT2D eigenvalue weighted by molar-refractivity contribution is 0.103. The van der Waals surface area contributed by atoms with Gasteiger partial charge in [-0.05, 0) is 43.7 Å². The Bertz CT molecular complexity index is 882. The van der Waals surface area contributed by atoms with Crippen molar-refractivity contribution in [2.24, 2.45) is 7.05 Å². The molecule has 1 aromatic carbocycles. The van der Waals surface area contributed by atoms with E-state index < -0.39 is 0 Å². The first-order valence-corrected chi connectivity index (χ1v) is 8.32. The van der Waals surface area contributed by atoms with Gasteiger partial charge in [0.2, 0.25) is 0 Å². The summed E-state index contributed by atoms with van der Waals surface area (Å²) >= 11 is 7.49. The highest BCUT2D eigenvalue weighted by Gasteiger charge is 2.17. The van der Waals surface area contributed by atoms with E-state index in [0.717, 1.165) is 22.0 Å². The second-order valence-corrected chi connectivity index (χ2v) is 6.76. The average Bonchev–Trinajstić information content (AvgIpc) is 3.08. The van der Waals surface area contributed by atoms with Gasteiger partial charge in [0.05, 0.1) is 11.4 Å². The largest absolute Gasteiger partial charge is 0.349 e. The molecule has 6 heteroatoms. The van der Waals surface area contributed by atoms with Crippen LogP contribution in [0.3, 0.4) is 0 Å². The Morgan fingerprint density at radius 3 is 2.74 bits per heavy atom. The van der Waals surface area contributed by atoms with Crippen molar-refractivity contribution in [3.05, 3.63) is 57.7 Å². The van der Waals surface area contributed by atoms with Crippen LogP contribution in [0, 0.1) is 13.8 Å². The van der Waals surface area contributed by atoms with E-state index in [4.69, 9.17) is 11.6 Å². The summed E-state index contributed by atoms with van der Waals surface area (Å²) < 4.78 is 1.99. The predicted molar refractivity (Wildman–Crippen MR) is 95.4 cm³/mol. The number of thiazole rings is 1. The van der Waals surface area contributed by atoms with Crippen LogP contribution in [0.4, 0.5) is 5.69 Å². The molecule has 1 N–H and O–H groups in total. The first-order chi connectivity index (χ1) is 11.0. The van der Waals surface area contributed by atoms with Crippen LogP contribution in [-0.2, 0) is 7.05 Å². The van der Waals surface area contributed by atoms with Gasteiger partial charge in [0.25, 0.3) is 5.91 Å². The van der Waals surface area contributed by atoms with Crippen LogP contribution in [-0.4, -0.2) is 15.5 Å². The molecular weight excluding hydrogens is 330 g/mol. The maximum atomic E-state index is 12.5. The summed E-state index contributed by atoms with van der Waals surface area (Å²) in [5, 5.41) is 4.35. The van der Waals surface area contributed by atoms with Crippen molar-refractivity contribution in [2.75, 3.05) is 5.32 Å². The number of rotatable bonds is 3. The zero-order valence-corrected chi connectivity index (χ0v) is 14.6. The molecule has 118 valence electrons. The van der Waals surface area contributed by atoms with Gasteiger partial charge in [-0.25, -0.2) is 4.98 Å². The van der Waals surface area contributed by atoms with Gasteiger partial charge in [0, 0.05) is 24.0 Å². The van der Waals surface area contributed by atoms with Gasteiger partial charge >= 0.3 is 0 Å². The fourth-order valence-electron chi connectivity index (χ4n) is 2.26. The monoisotopic (exact) mass is 345 g/mol. The normalized spacial score (nSPS) is 10.8. The van der Waals surface area contributed by atoms with E-state index in [0.29, 0.717) is 15.6 Å². The van der Waals surface area contributed by atoms with Crippen LogP contribution in [0.2, 0.25) is 5.02 Å². The van der Waals surface area contributed by atoms with Gasteiger partial charge in [0.1, 0.15) is 9.88 Å². The molecule has 0 bridgehead atoms. The smallest absolute Gasteiger partial charge is 0.267 e. The number of hydrogen-bond acceptors (Lipinski definition) is 3. The minimum absolute atomic E-state index is 0.166. The number of hydrogen-bond donors (Lipinski definition) is 1. The van der Waals surface area contributed by atoms with E-state index in [2.05, 4.69) is 10.3 Å². The number of benzene rings is 1. The Morgan fingerprint density at radius 1 is 1.30 bits per heavy atom. The van der Waals surface area contributed by atoms with E-state index in [1.54, 1.807) is 6.07 Å². The van der Waals surface area contributed by atoms with Crippen molar-refractivity contribution in [3.8, 4) is 10.7 Å². The SMILES string of the molecule is Cc1ccc(NC(=O)c2sc(-c3cccn3C)nc2C)cc1Cl. The summed E-state index contributed by atoms with van der Waals surface area (Å²) in [4.78, 5) is 17.6. The maximum absolute atomic E-state index is 12.5. The minimum Gasteiger partial charge on any atom is -0.349 e. The second-order valence-electron chi connectivity index (χ2n) is 5.36. The summed E-state index contributed by atoms with van der Waals surface area (Å²) in [6.07, 6.45) is 1.96. The average molecular weight is 346 g/mol. The Hall–Kier alpha value is -2.11. The molecule has 0 unspecified atom stereocenters. The summed E-state index contributed by atoms with van der Waals surface area (Å²) in [7, 11) is 1.96. The molecule has 1 amide bonds. The summed E-state index contributed by atoms with van der Waals surface area (Å²) in [5.74, 6) is -0.166. The Labute approximate surface area is 143 Å². The van der Waals surface area contributed by atoms with Gasteiger partial charge in [-0.15, -0.1) is 11.3 Å². The van der Waals surface area contributed by atoms with E-state index in [-0.39, 0.29) is 5.91 Å². The molecule has 3 rings (SSSR count). The topological polar surface area (TPSA) is 46.9 Å². The number of nitrogens with zero attached hydrogens (tertiary/aromatic N) is 2. The van der Waals surface area contributed by atoms with E-state index >= 15 is 0 Å². The highest BCUT2D eigenvalue weighted by molar-refractivity contribution is 7.17. The number of aromatic nitrogens is 2. The fourth-order valence-corrected chi connectivity index (χ4v) is 3.47. The predicted octanol–water partition coefficient (Wildman–Crippen LogP) is 4.67. The van der Waals surface area contributed by atoms with Crippen LogP contribution in [0.25, 0.3) is 10.7 Å². The molecule has 0 spiro atoms. The quantitative estimate of drug-likeness (QED) is 0.749. The molecule has 0 fully saturated rings. The first-order valence-electron chi connectivity index (χ1n) is 7.12. The molecule has 2 aromatic heterocycles. The lowest BCUT2D eigenvalue weighted by atomic mass is 10.2. The molecule has 0 aliphatic rings. The number of aryl methyl sites for hydroxylation is 3. The van der Waals surface area contributed by atoms with Crippen molar-refractivity contribution in [1.29, 1.82) is 0 Å². The minimum atomic E-state index is -0.166. The molecule has 2 heterocycles. The Kier molecular flexibility index (Phi) is 4.24. The zero-order chi connectivity index (χ0) is 16.6. The van der Waals surface area contributed by atoms with Gasteiger partial charge in [0.15, 0.2) is 0 Å². The van der Waals surface area contributed by atoms with Crippen LogP contribution in [0.15, 0.2) is 36.5 Å². The summed E-state index contributed by atoms with van der Waals surface area (Å²) in [6, 6.07) is 9.42. The Balaban J connectivity index is 1.86. The number of nitrogens with one attached hydrogen (secondary N) is 1. The molecule has 0 radical (unpaired) electrons. The highest BCUT2D eigenvalue weighted by Crippen LogP contribution is 2.29. The molecule has 23 heavy (non-hydrogen) atoms. The van der Waals surface area contributed by atoms with Gasteiger partial charge in [-0.2, -0.15) is 0 Å². The number of halogens is 1. The van der Waals surface area contributed by atoms with Gasteiger partial charge < -0.3 is 9.88 Å². The van der Waals surface area contributed by atoms with Gasteiger partial charge in [-0.3, -0.25) is 4.79 Å². The standard InChI is InChI=1S/C17H16ClN3OS/c1-10-6-7-12(9-13(10)18)20-16(22)15-11(2)19-17(23-15)14-5-4-8-21(14)3/h4-9H,1-3H3,(H,20,22). The van der Waals surface area contributed by atoms with Crippen LogP contribution >= 0.6 is 22.9 Å².